The van der Waals surface area contributed by atoms with Gasteiger partial charge >= 0.3 is 0 Å². The van der Waals surface area contributed by atoms with E-state index in [1.165, 1.54) is 0 Å². The number of nitrogens with two attached hydrogens (primary N) is 1. The van der Waals surface area contributed by atoms with Gasteiger partial charge in [0.25, 0.3) is 0 Å². The summed E-state index contributed by atoms with van der Waals surface area (Å²) in [6.07, 6.45) is 0. The van der Waals surface area contributed by atoms with Crippen LogP contribution in [-0.4, -0.2) is 11.9 Å². The Morgan fingerprint density at radius 2 is 1.89 bits per heavy atom. The van der Waals surface area contributed by atoms with Crippen molar-refractivity contribution >= 4 is 17.3 Å². The van der Waals surface area contributed by atoms with E-state index in [0.29, 0.717) is 23.7 Å². The van der Waals surface area contributed by atoms with Gasteiger partial charge in [0, 0.05) is 23.7 Å². The maximum atomic E-state index is 13.8. The molecule has 0 fully saturated rings. The molecule has 100 valence electrons. The lowest BCUT2D eigenvalue weighted by Crippen LogP contribution is -2.18. The minimum Gasteiger partial charge on any atom is -0.396 e. The van der Waals surface area contributed by atoms with Crippen molar-refractivity contribution in [3.8, 4) is 0 Å². The van der Waals surface area contributed by atoms with E-state index in [9.17, 15) is 4.39 Å². The second-order valence-corrected chi connectivity index (χ2v) is 5.06. The molecule has 0 unspecified atom stereocenters. The molecule has 0 radical (unpaired) electrons. The van der Waals surface area contributed by atoms with Crippen molar-refractivity contribution in [2.45, 2.75) is 13.1 Å². The summed E-state index contributed by atoms with van der Waals surface area (Å²) in [5.41, 5.74) is 7.44. The third kappa shape index (κ3) is 3.69. The summed E-state index contributed by atoms with van der Waals surface area (Å²) in [6, 6.07) is 12.7. The summed E-state index contributed by atoms with van der Waals surface area (Å²) in [7, 11) is 1.93. The first-order valence-electron chi connectivity index (χ1n) is 6.02. The van der Waals surface area contributed by atoms with Crippen LogP contribution in [0, 0.1) is 5.82 Å². The second-order valence-electron chi connectivity index (χ2n) is 4.62. The Kier molecular flexibility index (Phi) is 4.40. The van der Waals surface area contributed by atoms with Gasteiger partial charge in [-0.05, 0) is 30.8 Å². The Morgan fingerprint density at radius 3 is 2.63 bits per heavy atom. The number of nitrogen functional groups attached to an aromatic ring is 1. The maximum absolute atomic E-state index is 13.8. The van der Waals surface area contributed by atoms with Crippen LogP contribution in [0.1, 0.15) is 11.1 Å². The van der Waals surface area contributed by atoms with E-state index in [-0.39, 0.29) is 11.5 Å². The van der Waals surface area contributed by atoms with E-state index < -0.39 is 0 Å². The van der Waals surface area contributed by atoms with E-state index in [4.69, 9.17) is 17.3 Å². The molecule has 2 N–H and O–H groups in total. The van der Waals surface area contributed by atoms with Crippen molar-refractivity contribution in [2.24, 2.45) is 0 Å². The standard InChI is InChI=1S/C15H16ClFN2/c1-19(9-11-4-2-6-13(16)8-11)10-12-5-3-7-14(18)15(12)17/h2-8H,9-10,18H2,1H3. The number of halogens is 2. The van der Waals surface area contributed by atoms with Gasteiger partial charge < -0.3 is 5.73 Å². The van der Waals surface area contributed by atoms with Crippen molar-refractivity contribution in [1.29, 1.82) is 0 Å². The first-order chi connectivity index (χ1) is 9.06. The third-order valence-electron chi connectivity index (χ3n) is 2.89. The van der Waals surface area contributed by atoms with Crippen LogP contribution in [0.2, 0.25) is 5.02 Å². The fraction of sp³-hybridized carbons (Fsp3) is 0.200. The first kappa shape index (κ1) is 13.8. The zero-order valence-electron chi connectivity index (χ0n) is 10.7. The Labute approximate surface area is 117 Å². The molecule has 0 spiro atoms. The van der Waals surface area contributed by atoms with Gasteiger partial charge in [-0.1, -0.05) is 35.9 Å². The molecule has 2 nitrogen and oxygen atoms in total. The normalized spacial score (nSPS) is 10.9. The maximum Gasteiger partial charge on any atom is 0.150 e. The predicted octanol–water partition coefficient (Wildman–Crippen LogP) is 3.69. The molecule has 0 saturated heterocycles. The van der Waals surface area contributed by atoms with Gasteiger partial charge in [-0.2, -0.15) is 0 Å². The molecule has 0 atom stereocenters. The molecule has 19 heavy (non-hydrogen) atoms. The van der Waals surface area contributed by atoms with E-state index in [1.54, 1.807) is 18.2 Å². The summed E-state index contributed by atoms with van der Waals surface area (Å²) in [5, 5.41) is 0.709. The van der Waals surface area contributed by atoms with Crippen molar-refractivity contribution in [3.63, 3.8) is 0 Å². The SMILES string of the molecule is CN(Cc1cccc(Cl)c1)Cc1cccc(N)c1F. The Bertz CT molecular complexity index is 572. The molecular weight excluding hydrogens is 263 g/mol. The van der Waals surface area contributed by atoms with E-state index in [0.717, 1.165) is 5.56 Å². The quantitative estimate of drug-likeness (QED) is 0.864. The highest BCUT2D eigenvalue weighted by Crippen LogP contribution is 2.18. The van der Waals surface area contributed by atoms with Crippen molar-refractivity contribution in [3.05, 3.63) is 64.4 Å². The summed E-state index contributed by atoms with van der Waals surface area (Å²) >= 11 is 5.94. The molecule has 0 bridgehead atoms. The molecule has 4 heteroatoms. The number of benzene rings is 2. The summed E-state index contributed by atoms with van der Waals surface area (Å²) in [5.74, 6) is -0.333. The van der Waals surface area contributed by atoms with Crippen LogP contribution >= 0.6 is 11.6 Å². The molecule has 0 aliphatic carbocycles. The molecular formula is C15H16ClFN2. The second kappa shape index (κ2) is 6.04. The van der Waals surface area contributed by atoms with E-state index in [2.05, 4.69) is 0 Å². The monoisotopic (exact) mass is 278 g/mol. The minimum absolute atomic E-state index is 0.189. The highest BCUT2D eigenvalue weighted by Gasteiger charge is 2.08. The third-order valence-corrected chi connectivity index (χ3v) is 3.13. The predicted molar refractivity (Wildman–Crippen MR) is 77.4 cm³/mol. The molecule has 0 aliphatic heterocycles. The smallest absolute Gasteiger partial charge is 0.150 e. The first-order valence-corrected chi connectivity index (χ1v) is 6.40. The number of nitrogens with zero attached hydrogens (tertiary/aromatic N) is 1. The zero-order valence-corrected chi connectivity index (χ0v) is 11.5. The Hall–Kier alpha value is -1.58. The van der Waals surface area contributed by atoms with Crippen LogP contribution < -0.4 is 5.73 Å². The van der Waals surface area contributed by atoms with Gasteiger partial charge in [-0.25, -0.2) is 4.39 Å². The van der Waals surface area contributed by atoms with Crippen LogP contribution in [0.15, 0.2) is 42.5 Å². The number of rotatable bonds is 4. The van der Waals surface area contributed by atoms with E-state index >= 15 is 0 Å². The molecule has 2 rings (SSSR count). The topological polar surface area (TPSA) is 29.3 Å². The van der Waals surface area contributed by atoms with Gasteiger partial charge in [0.1, 0.15) is 0 Å². The average Bonchev–Trinajstić information content (AvgIpc) is 2.35. The number of anilines is 1. The largest absolute Gasteiger partial charge is 0.396 e. The highest BCUT2D eigenvalue weighted by molar-refractivity contribution is 6.30. The molecule has 0 heterocycles. The lowest BCUT2D eigenvalue weighted by atomic mass is 10.1. The Balaban J connectivity index is 2.05. The molecule has 0 aliphatic rings. The molecule has 0 amide bonds. The van der Waals surface area contributed by atoms with Gasteiger partial charge in [-0.3, -0.25) is 4.90 Å². The summed E-state index contributed by atoms with van der Waals surface area (Å²) in [4.78, 5) is 2.02. The van der Waals surface area contributed by atoms with Gasteiger partial charge in [0.2, 0.25) is 0 Å². The fourth-order valence-corrected chi connectivity index (χ4v) is 2.23. The van der Waals surface area contributed by atoms with Crippen LogP contribution in [0.4, 0.5) is 10.1 Å². The lowest BCUT2D eigenvalue weighted by molar-refractivity contribution is 0.314. The number of hydrogen-bond donors (Lipinski definition) is 1. The fourth-order valence-electron chi connectivity index (χ4n) is 2.02. The van der Waals surface area contributed by atoms with Gasteiger partial charge in [0.05, 0.1) is 5.69 Å². The van der Waals surface area contributed by atoms with Gasteiger partial charge in [-0.15, -0.1) is 0 Å². The van der Waals surface area contributed by atoms with Crippen molar-refractivity contribution in [2.75, 3.05) is 12.8 Å². The lowest BCUT2D eigenvalue weighted by Gasteiger charge is -2.17. The van der Waals surface area contributed by atoms with Crippen LogP contribution in [0.3, 0.4) is 0 Å². The Morgan fingerprint density at radius 1 is 1.16 bits per heavy atom. The van der Waals surface area contributed by atoms with Crippen molar-refractivity contribution < 1.29 is 4.39 Å². The minimum atomic E-state index is -0.333. The zero-order chi connectivity index (χ0) is 13.8. The molecule has 0 aromatic heterocycles. The van der Waals surface area contributed by atoms with Crippen LogP contribution in [0.5, 0.6) is 0 Å². The molecule has 2 aromatic rings. The average molecular weight is 279 g/mol. The van der Waals surface area contributed by atoms with Gasteiger partial charge in [0.15, 0.2) is 5.82 Å². The summed E-state index contributed by atoms with van der Waals surface area (Å²) < 4.78 is 13.8. The number of hydrogen-bond acceptors (Lipinski definition) is 2. The van der Waals surface area contributed by atoms with E-state index in [1.807, 2.05) is 36.2 Å². The summed E-state index contributed by atoms with van der Waals surface area (Å²) in [6.45, 7) is 1.21. The highest BCUT2D eigenvalue weighted by atomic mass is 35.5. The van der Waals surface area contributed by atoms with Crippen LogP contribution in [-0.2, 0) is 13.1 Å². The van der Waals surface area contributed by atoms with Crippen LogP contribution in [0.25, 0.3) is 0 Å². The molecule has 2 aromatic carbocycles. The molecule has 0 saturated carbocycles. The van der Waals surface area contributed by atoms with Crippen molar-refractivity contribution in [1.82, 2.24) is 4.90 Å².